The molecule has 0 bridgehead atoms. The number of urea groups is 1. The third-order valence-electron chi connectivity index (χ3n) is 4.53. The van der Waals surface area contributed by atoms with E-state index in [4.69, 9.17) is 4.74 Å². The molecule has 1 aliphatic heterocycles. The molecular formula is C20H25N3O2. The van der Waals surface area contributed by atoms with Crippen molar-refractivity contribution < 1.29 is 9.53 Å². The fraction of sp³-hybridized carbons (Fsp3) is 0.350. The Morgan fingerprint density at radius 2 is 1.80 bits per heavy atom. The van der Waals surface area contributed by atoms with Crippen molar-refractivity contribution in [3.63, 3.8) is 0 Å². The summed E-state index contributed by atoms with van der Waals surface area (Å²) in [4.78, 5) is 14.3. The maximum absolute atomic E-state index is 12.4. The second kappa shape index (κ2) is 7.92. The van der Waals surface area contributed by atoms with E-state index in [0.717, 1.165) is 43.1 Å². The fourth-order valence-corrected chi connectivity index (χ4v) is 3.01. The molecule has 2 aromatic carbocycles. The van der Waals surface area contributed by atoms with Crippen LogP contribution in [0.3, 0.4) is 0 Å². The largest absolute Gasteiger partial charge is 0.497 e. The van der Waals surface area contributed by atoms with Crippen LogP contribution in [0.4, 0.5) is 16.2 Å². The molecule has 1 aliphatic rings. The minimum atomic E-state index is -0.0244. The highest BCUT2D eigenvalue weighted by Gasteiger charge is 2.22. The molecule has 2 aromatic rings. The third-order valence-corrected chi connectivity index (χ3v) is 4.53. The van der Waals surface area contributed by atoms with Gasteiger partial charge in [-0.3, -0.25) is 0 Å². The number of rotatable bonds is 4. The lowest BCUT2D eigenvalue weighted by Gasteiger charge is -2.33. The van der Waals surface area contributed by atoms with Gasteiger partial charge in [-0.05, 0) is 44.0 Å². The summed E-state index contributed by atoms with van der Waals surface area (Å²) in [6.45, 7) is 3.53. The van der Waals surface area contributed by atoms with Crippen molar-refractivity contribution in [3.05, 3.63) is 54.1 Å². The number of hydrogen-bond donors (Lipinski definition) is 2. The number of amides is 2. The maximum atomic E-state index is 12.4. The summed E-state index contributed by atoms with van der Waals surface area (Å²) in [5, 5.41) is 6.50. The molecule has 5 nitrogen and oxygen atoms in total. The van der Waals surface area contributed by atoms with Crippen LogP contribution in [0.25, 0.3) is 0 Å². The van der Waals surface area contributed by atoms with Crippen LogP contribution < -0.4 is 15.4 Å². The van der Waals surface area contributed by atoms with Gasteiger partial charge in [-0.2, -0.15) is 0 Å². The highest BCUT2D eigenvalue weighted by atomic mass is 16.5. The third kappa shape index (κ3) is 4.66. The van der Waals surface area contributed by atoms with Gasteiger partial charge in [-0.15, -0.1) is 0 Å². The van der Waals surface area contributed by atoms with Gasteiger partial charge < -0.3 is 20.3 Å². The molecule has 1 saturated heterocycles. The Bertz CT molecular complexity index is 707. The molecule has 3 rings (SSSR count). The van der Waals surface area contributed by atoms with Gasteiger partial charge in [-0.1, -0.05) is 23.8 Å². The van der Waals surface area contributed by atoms with E-state index >= 15 is 0 Å². The number of benzene rings is 2. The molecule has 0 saturated carbocycles. The van der Waals surface area contributed by atoms with Gasteiger partial charge in [-0.25, -0.2) is 4.79 Å². The minimum Gasteiger partial charge on any atom is -0.497 e. The summed E-state index contributed by atoms with van der Waals surface area (Å²) in [5.41, 5.74) is 3.08. The Kier molecular flexibility index (Phi) is 5.43. The van der Waals surface area contributed by atoms with Gasteiger partial charge in [0.1, 0.15) is 5.75 Å². The van der Waals surface area contributed by atoms with Crippen LogP contribution in [-0.2, 0) is 0 Å². The topological polar surface area (TPSA) is 53.6 Å². The lowest BCUT2D eigenvalue weighted by molar-refractivity contribution is 0.197. The van der Waals surface area contributed by atoms with Gasteiger partial charge in [0.05, 0.1) is 7.11 Å². The predicted octanol–water partition coefficient (Wildman–Crippen LogP) is 4.11. The summed E-state index contributed by atoms with van der Waals surface area (Å²) in [6.07, 6.45) is 1.86. The molecule has 132 valence electrons. The molecule has 0 radical (unpaired) electrons. The Balaban J connectivity index is 1.49. The van der Waals surface area contributed by atoms with Crippen LogP contribution in [0.5, 0.6) is 5.75 Å². The smallest absolute Gasteiger partial charge is 0.321 e. The SMILES string of the molecule is COc1cccc(NC2CCN(C(=O)Nc3ccc(C)cc3)CC2)c1. The first-order valence-electron chi connectivity index (χ1n) is 8.67. The molecule has 0 spiro atoms. The molecular weight excluding hydrogens is 314 g/mol. The minimum absolute atomic E-state index is 0.0244. The number of carbonyl (C=O) groups is 1. The highest BCUT2D eigenvalue weighted by molar-refractivity contribution is 5.89. The molecule has 2 amide bonds. The van der Waals surface area contributed by atoms with E-state index in [2.05, 4.69) is 10.6 Å². The van der Waals surface area contributed by atoms with E-state index in [1.165, 1.54) is 5.56 Å². The van der Waals surface area contributed by atoms with Crippen molar-refractivity contribution >= 4 is 17.4 Å². The number of piperidine rings is 1. The number of carbonyl (C=O) groups excluding carboxylic acids is 1. The predicted molar refractivity (Wildman–Crippen MR) is 101 cm³/mol. The molecule has 0 aromatic heterocycles. The van der Waals surface area contributed by atoms with Gasteiger partial charge >= 0.3 is 6.03 Å². The second-order valence-corrected chi connectivity index (χ2v) is 6.43. The quantitative estimate of drug-likeness (QED) is 0.881. The van der Waals surface area contributed by atoms with E-state index in [-0.39, 0.29) is 6.03 Å². The Hall–Kier alpha value is -2.69. The van der Waals surface area contributed by atoms with E-state index in [0.29, 0.717) is 6.04 Å². The molecule has 2 N–H and O–H groups in total. The van der Waals surface area contributed by atoms with E-state index in [1.807, 2.05) is 60.4 Å². The standard InChI is InChI=1S/C20H25N3O2/c1-15-6-8-16(9-7-15)22-20(24)23-12-10-17(11-13-23)21-18-4-3-5-19(14-18)25-2/h3-9,14,17,21H,10-13H2,1-2H3,(H,22,24). The average molecular weight is 339 g/mol. The van der Waals surface area contributed by atoms with Gasteiger partial charge in [0.2, 0.25) is 0 Å². The molecule has 1 fully saturated rings. The van der Waals surface area contributed by atoms with Crippen LogP contribution in [0.15, 0.2) is 48.5 Å². The molecule has 0 aliphatic carbocycles. The van der Waals surface area contributed by atoms with Crippen LogP contribution in [0, 0.1) is 6.92 Å². The molecule has 25 heavy (non-hydrogen) atoms. The number of ether oxygens (including phenoxy) is 1. The van der Waals surface area contributed by atoms with Crippen molar-refractivity contribution in [2.45, 2.75) is 25.8 Å². The zero-order valence-corrected chi connectivity index (χ0v) is 14.8. The lowest BCUT2D eigenvalue weighted by Crippen LogP contribution is -2.44. The Morgan fingerprint density at radius 3 is 2.48 bits per heavy atom. The van der Waals surface area contributed by atoms with Crippen molar-refractivity contribution in [1.29, 1.82) is 0 Å². The zero-order valence-electron chi connectivity index (χ0n) is 14.8. The first-order chi connectivity index (χ1) is 12.1. The summed E-state index contributed by atoms with van der Waals surface area (Å²) < 4.78 is 5.26. The number of aryl methyl sites for hydroxylation is 1. The lowest BCUT2D eigenvalue weighted by atomic mass is 10.0. The average Bonchev–Trinajstić information content (AvgIpc) is 2.64. The van der Waals surface area contributed by atoms with Crippen LogP contribution in [-0.4, -0.2) is 37.2 Å². The number of nitrogens with zero attached hydrogens (tertiary/aromatic N) is 1. The normalized spacial score (nSPS) is 14.9. The van der Waals surface area contributed by atoms with Gasteiger partial charge in [0.25, 0.3) is 0 Å². The number of methoxy groups -OCH3 is 1. The van der Waals surface area contributed by atoms with Gasteiger partial charge in [0.15, 0.2) is 0 Å². The van der Waals surface area contributed by atoms with Crippen molar-refractivity contribution in [1.82, 2.24) is 4.90 Å². The van der Waals surface area contributed by atoms with E-state index in [1.54, 1.807) is 7.11 Å². The first kappa shape index (κ1) is 17.1. The van der Waals surface area contributed by atoms with Crippen LogP contribution in [0.2, 0.25) is 0 Å². The van der Waals surface area contributed by atoms with Crippen molar-refractivity contribution in [3.8, 4) is 5.75 Å². The second-order valence-electron chi connectivity index (χ2n) is 6.43. The summed E-state index contributed by atoms with van der Waals surface area (Å²) in [5.74, 6) is 0.847. The Labute approximate surface area is 149 Å². The van der Waals surface area contributed by atoms with Crippen LogP contribution >= 0.6 is 0 Å². The molecule has 5 heteroatoms. The highest BCUT2D eigenvalue weighted by Crippen LogP contribution is 2.21. The fourth-order valence-electron chi connectivity index (χ4n) is 3.01. The van der Waals surface area contributed by atoms with Crippen LogP contribution in [0.1, 0.15) is 18.4 Å². The summed E-state index contributed by atoms with van der Waals surface area (Å²) in [7, 11) is 1.67. The van der Waals surface area contributed by atoms with Crippen molar-refractivity contribution in [2.75, 3.05) is 30.8 Å². The summed E-state index contributed by atoms with van der Waals surface area (Å²) >= 11 is 0. The Morgan fingerprint density at radius 1 is 1.08 bits per heavy atom. The first-order valence-corrected chi connectivity index (χ1v) is 8.67. The number of anilines is 2. The number of nitrogens with one attached hydrogen (secondary N) is 2. The number of hydrogen-bond acceptors (Lipinski definition) is 3. The maximum Gasteiger partial charge on any atom is 0.321 e. The summed E-state index contributed by atoms with van der Waals surface area (Å²) in [6, 6.07) is 16.2. The monoisotopic (exact) mass is 339 g/mol. The van der Waals surface area contributed by atoms with E-state index in [9.17, 15) is 4.79 Å². The molecule has 1 heterocycles. The number of likely N-dealkylation sites (tertiary alicyclic amines) is 1. The molecule has 0 atom stereocenters. The molecule has 0 unspecified atom stereocenters. The van der Waals surface area contributed by atoms with Crippen molar-refractivity contribution in [2.24, 2.45) is 0 Å². The zero-order chi connectivity index (χ0) is 17.6. The van der Waals surface area contributed by atoms with E-state index < -0.39 is 0 Å². The van der Waals surface area contributed by atoms with Gasteiger partial charge in [0, 0.05) is 36.6 Å².